The molecule has 0 saturated heterocycles. The first-order chi connectivity index (χ1) is 15.8. The molecule has 2 heterocycles. The number of nitrogens with zero attached hydrogens (tertiary/aromatic N) is 3. The van der Waals surface area contributed by atoms with Gasteiger partial charge in [0.25, 0.3) is 10.0 Å². The first-order valence-electron chi connectivity index (χ1n) is 10.7. The lowest BCUT2D eigenvalue weighted by Crippen LogP contribution is -2.28. The highest BCUT2D eigenvalue weighted by atomic mass is 32.2. The highest BCUT2D eigenvalue weighted by molar-refractivity contribution is 7.92. The van der Waals surface area contributed by atoms with Crippen LogP contribution in [0.15, 0.2) is 40.9 Å². The average molecular weight is 501 g/mol. The lowest BCUT2D eigenvalue weighted by molar-refractivity contribution is 0.201. The van der Waals surface area contributed by atoms with Crippen molar-refractivity contribution in [2.45, 2.75) is 57.2 Å². The largest absolute Gasteiger partial charge is 0.464 e. The second-order valence-electron chi connectivity index (χ2n) is 9.53. The molecule has 0 unspecified atom stereocenters. The SMILES string of the molecule is CC(C)Cc1cc(-c2ccc(Cn3ccnc3C(C)(C)C)c(C#N)c2)c(S(=O)(=O)NC(=O)O)s1. The van der Waals surface area contributed by atoms with Gasteiger partial charge in [-0.1, -0.05) is 46.8 Å². The summed E-state index contributed by atoms with van der Waals surface area (Å²) in [5.74, 6) is 1.18. The Hall–Kier alpha value is -3.16. The average Bonchev–Trinajstić information content (AvgIpc) is 3.34. The van der Waals surface area contributed by atoms with Crippen LogP contribution in [0.5, 0.6) is 0 Å². The molecule has 8 nitrogen and oxygen atoms in total. The second-order valence-corrected chi connectivity index (χ2v) is 12.5. The van der Waals surface area contributed by atoms with E-state index in [2.05, 4.69) is 31.8 Å². The first kappa shape index (κ1) is 25.5. The highest BCUT2D eigenvalue weighted by Crippen LogP contribution is 2.37. The van der Waals surface area contributed by atoms with E-state index in [1.807, 2.05) is 24.6 Å². The molecule has 34 heavy (non-hydrogen) atoms. The summed E-state index contributed by atoms with van der Waals surface area (Å²) < 4.78 is 29.0. The van der Waals surface area contributed by atoms with Crippen LogP contribution < -0.4 is 4.72 Å². The predicted octanol–water partition coefficient (Wildman–Crippen LogP) is 4.98. The van der Waals surface area contributed by atoms with E-state index in [1.54, 1.807) is 35.2 Å². The lowest BCUT2D eigenvalue weighted by Gasteiger charge is -2.20. The van der Waals surface area contributed by atoms with Crippen molar-refractivity contribution in [2.75, 3.05) is 0 Å². The van der Waals surface area contributed by atoms with Crippen LogP contribution in [0.4, 0.5) is 4.79 Å². The zero-order valence-corrected chi connectivity index (χ0v) is 21.4. The molecule has 0 fully saturated rings. The fourth-order valence-corrected chi connectivity index (χ4v) is 6.53. The zero-order chi connectivity index (χ0) is 25.3. The summed E-state index contributed by atoms with van der Waals surface area (Å²) >= 11 is 1.05. The van der Waals surface area contributed by atoms with E-state index >= 15 is 0 Å². The molecule has 0 aliphatic heterocycles. The van der Waals surface area contributed by atoms with Gasteiger partial charge in [-0.2, -0.15) is 5.26 Å². The van der Waals surface area contributed by atoms with Gasteiger partial charge < -0.3 is 9.67 Å². The number of amides is 1. The lowest BCUT2D eigenvalue weighted by atomic mass is 9.95. The Labute approximate surface area is 203 Å². The molecule has 0 spiro atoms. The van der Waals surface area contributed by atoms with Crippen LogP contribution >= 0.6 is 11.3 Å². The molecular formula is C24H28N4O4S2. The number of nitriles is 1. The molecule has 3 aromatic rings. The van der Waals surface area contributed by atoms with Gasteiger partial charge in [-0.05, 0) is 35.6 Å². The Kier molecular flexibility index (Phi) is 7.19. The third-order valence-electron chi connectivity index (χ3n) is 5.09. The molecule has 2 aromatic heterocycles. The summed E-state index contributed by atoms with van der Waals surface area (Å²) in [7, 11) is -4.27. The third kappa shape index (κ3) is 5.66. The number of carboxylic acid groups (broad SMARTS) is 1. The summed E-state index contributed by atoms with van der Waals surface area (Å²) in [5, 5.41) is 18.8. The van der Waals surface area contributed by atoms with Crippen molar-refractivity contribution < 1.29 is 18.3 Å². The van der Waals surface area contributed by atoms with E-state index in [0.29, 0.717) is 35.6 Å². The van der Waals surface area contributed by atoms with E-state index < -0.39 is 16.1 Å². The summed E-state index contributed by atoms with van der Waals surface area (Å²) in [6.07, 6.45) is 2.61. The van der Waals surface area contributed by atoms with Gasteiger partial charge >= 0.3 is 6.09 Å². The topological polar surface area (TPSA) is 125 Å². The number of hydrogen-bond acceptors (Lipinski definition) is 6. The minimum atomic E-state index is -4.27. The Morgan fingerprint density at radius 1 is 1.29 bits per heavy atom. The standard InChI is InChI=1S/C24H28N4O4S2/c1-15(2)10-19-12-20(21(33-19)34(31,32)27-23(29)30)16-6-7-17(18(11-16)13-25)14-28-9-8-26-22(28)24(3,4)5/h6-9,11-12,15,27H,10,14H2,1-5H3,(H,29,30). The number of imidazole rings is 1. The molecule has 0 aliphatic rings. The van der Waals surface area contributed by atoms with Gasteiger partial charge in [0.2, 0.25) is 0 Å². The molecule has 0 bridgehead atoms. The molecule has 3 rings (SSSR count). The second kappa shape index (κ2) is 9.60. The van der Waals surface area contributed by atoms with Crippen LogP contribution in [0.1, 0.15) is 56.4 Å². The zero-order valence-electron chi connectivity index (χ0n) is 19.8. The molecule has 0 aliphatic carbocycles. The van der Waals surface area contributed by atoms with Gasteiger partial charge in [-0.15, -0.1) is 11.3 Å². The van der Waals surface area contributed by atoms with Gasteiger partial charge in [-0.25, -0.2) is 22.9 Å². The summed E-state index contributed by atoms with van der Waals surface area (Å²) in [6.45, 7) is 10.7. The predicted molar refractivity (Wildman–Crippen MR) is 131 cm³/mol. The minimum absolute atomic E-state index is 0.0770. The molecular weight excluding hydrogens is 472 g/mol. The molecule has 10 heteroatoms. The van der Waals surface area contributed by atoms with Gasteiger partial charge in [0, 0.05) is 28.2 Å². The number of benzene rings is 1. The molecule has 0 saturated carbocycles. The van der Waals surface area contributed by atoms with E-state index in [-0.39, 0.29) is 9.62 Å². The van der Waals surface area contributed by atoms with Gasteiger partial charge in [0.15, 0.2) is 0 Å². The number of rotatable bonds is 7. The van der Waals surface area contributed by atoms with E-state index in [9.17, 15) is 18.5 Å². The fraction of sp³-hybridized carbons (Fsp3) is 0.375. The van der Waals surface area contributed by atoms with Crippen LogP contribution in [0.2, 0.25) is 0 Å². The van der Waals surface area contributed by atoms with E-state index in [1.165, 1.54) is 0 Å². The van der Waals surface area contributed by atoms with Crippen molar-refractivity contribution >= 4 is 27.5 Å². The quantitative estimate of drug-likeness (QED) is 0.471. The molecule has 2 N–H and O–H groups in total. The van der Waals surface area contributed by atoms with Crippen LogP contribution in [-0.2, 0) is 28.4 Å². The Balaban J connectivity index is 2.07. The van der Waals surface area contributed by atoms with Crippen molar-refractivity contribution in [3.63, 3.8) is 0 Å². The number of nitrogens with one attached hydrogen (secondary N) is 1. The Morgan fingerprint density at radius 3 is 2.59 bits per heavy atom. The normalized spacial score (nSPS) is 12.0. The van der Waals surface area contributed by atoms with E-state index in [0.717, 1.165) is 27.6 Å². The number of hydrogen-bond donors (Lipinski definition) is 2. The summed E-state index contributed by atoms with van der Waals surface area (Å²) in [4.78, 5) is 16.4. The fourth-order valence-electron chi connectivity index (χ4n) is 3.74. The molecule has 180 valence electrons. The van der Waals surface area contributed by atoms with Gasteiger partial charge in [0.1, 0.15) is 10.0 Å². The summed E-state index contributed by atoms with van der Waals surface area (Å²) in [5.41, 5.74) is 1.95. The van der Waals surface area contributed by atoms with Crippen LogP contribution in [0.25, 0.3) is 11.1 Å². The Bertz CT molecular complexity index is 1360. The molecule has 1 amide bonds. The number of thiophene rings is 1. The summed E-state index contributed by atoms with van der Waals surface area (Å²) in [6, 6.07) is 9.22. The first-order valence-corrected chi connectivity index (χ1v) is 13.0. The van der Waals surface area contributed by atoms with Crippen LogP contribution in [0, 0.1) is 17.2 Å². The van der Waals surface area contributed by atoms with Gasteiger partial charge in [0.05, 0.1) is 18.2 Å². The monoisotopic (exact) mass is 500 g/mol. The number of sulfonamides is 1. The minimum Gasteiger partial charge on any atom is -0.464 e. The van der Waals surface area contributed by atoms with Gasteiger partial charge in [-0.3, -0.25) is 0 Å². The van der Waals surface area contributed by atoms with Crippen molar-refractivity contribution in [3.05, 3.63) is 58.5 Å². The number of carbonyl (C=O) groups is 1. The Morgan fingerprint density at radius 2 is 2.00 bits per heavy atom. The maximum Gasteiger partial charge on any atom is 0.418 e. The van der Waals surface area contributed by atoms with Crippen molar-refractivity contribution in [1.29, 1.82) is 5.26 Å². The highest BCUT2D eigenvalue weighted by Gasteiger charge is 2.26. The van der Waals surface area contributed by atoms with Crippen molar-refractivity contribution in [3.8, 4) is 17.2 Å². The maximum absolute atomic E-state index is 12.7. The van der Waals surface area contributed by atoms with E-state index in [4.69, 9.17) is 5.11 Å². The molecule has 1 aromatic carbocycles. The van der Waals surface area contributed by atoms with Crippen LogP contribution in [0.3, 0.4) is 0 Å². The molecule has 0 atom stereocenters. The van der Waals surface area contributed by atoms with Crippen molar-refractivity contribution in [1.82, 2.24) is 14.3 Å². The number of aromatic nitrogens is 2. The maximum atomic E-state index is 12.7. The third-order valence-corrected chi connectivity index (χ3v) is 8.10. The van der Waals surface area contributed by atoms with Crippen molar-refractivity contribution in [2.24, 2.45) is 5.92 Å². The van der Waals surface area contributed by atoms with Crippen LogP contribution in [-0.4, -0.2) is 29.2 Å². The molecule has 0 radical (unpaired) electrons. The smallest absolute Gasteiger partial charge is 0.418 e.